The second kappa shape index (κ2) is 8.64. The summed E-state index contributed by atoms with van der Waals surface area (Å²) in [6.07, 6.45) is 9.94. The molecule has 0 spiro atoms. The number of carbonyl (C=O) groups excluding carboxylic acids is 1. The maximum absolute atomic E-state index is 14.0. The monoisotopic (exact) mass is 438 g/mol. The van der Waals surface area contributed by atoms with Gasteiger partial charge in [0.1, 0.15) is 23.9 Å². The van der Waals surface area contributed by atoms with Gasteiger partial charge in [0.25, 0.3) is 0 Å². The van der Waals surface area contributed by atoms with E-state index in [1.54, 1.807) is 22.7 Å². The van der Waals surface area contributed by atoms with Gasteiger partial charge in [-0.3, -0.25) is 9.20 Å². The Morgan fingerprint density at radius 1 is 1.09 bits per heavy atom. The van der Waals surface area contributed by atoms with E-state index in [4.69, 9.17) is 4.74 Å². The molecule has 0 radical (unpaired) electrons. The SMILES string of the molecule is Cc1nc2c(OCc3c(F)cccc3F)cccn2c1C(=O)CC1CC2CCCC(C2)C1. The van der Waals surface area contributed by atoms with Gasteiger partial charge in [-0.1, -0.05) is 25.3 Å². The molecule has 3 aromatic rings. The molecule has 2 aliphatic carbocycles. The van der Waals surface area contributed by atoms with E-state index < -0.39 is 11.6 Å². The van der Waals surface area contributed by atoms with E-state index in [0.29, 0.717) is 35.1 Å². The Balaban J connectivity index is 1.37. The lowest BCUT2D eigenvalue weighted by atomic mass is 9.67. The second-order valence-electron chi connectivity index (χ2n) is 9.46. The van der Waals surface area contributed by atoms with Crippen LogP contribution in [-0.4, -0.2) is 15.2 Å². The summed E-state index contributed by atoms with van der Waals surface area (Å²) in [5.74, 6) is 1.21. The number of aromatic nitrogens is 2. The Hall–Kier alpha value is -2.76. The van der Waals surface area contributed by atoms with Crippen molar-refractivity contribution < 1.29 is 18.3 Å². The van der Waals surface area contributed by atoms with Gasteiger partial charge in [0.2, 0.25) is 0 Å². The molecule has 2 heterocycles. The molecule has 0 saturated heterocycles. The molecule has 2 unspecified atom stereocenters. The zero-order valence-corrected chi connectivity index (χ0v) is 18.3. The lowest BCUT2D eigenvalue weighted by Crippen LogP contribution is -2.28. The van der Waals surface area contributed by atoms with E-state index in [1.807, 2.05) is 6.92 Å². The fourth-order valence-electron chi connectivity index (χ4n) is 5.82. The van der Waals surface area contributed by atoms with Crippen molar-refractivity contribution in [3.05, 3.63) is 65.1 Å². The summed E-state index contributed by atoms with van der Waals surface area (Å²) >= 11 is 0. The maximum atomic E-state index is 14.0. The number of benzene rings is 1. The smallest absolute Gasteiger partial charge is 0.181 e. The summed E-state index contributed by atoms with van der Waals surface area (Å²) in [6.45, 7) is 1.58. The van der Waals surface area contributed by atoms with Crippen molar-refractivity contribution in [2.24, 2.45) is 17.8 Å². The summed E-state index contributed by atoms with van der Waals surface area (Å²) in [5.41, 5.74) is 1.60. The number of rotatable bonds is 6. The minimum absolute atomic E-state index is 0.109. The van der Waals surface area contributed by atoms with Crippen molar-refractivity contribution >= 4 is 11.4 Å². The predicted octanol–water partition coefficient (Wildman–Crippen LogP) is 6.29. The minimum atomic E-state index is -0.649. The standard InChI is InChI=1S/C26H28F2N2O2/c1-16-25(23(31)14-19-12-17-5-2-6-18(11-17)13-19)30-10-4-9-24(26(30)29-16)32-15-20-21(27)7-3-8-22(20)28/h3-4,7-10,17-19H,2,5-6,11-15H2,1H3. The van der Waals surface area contributed by atoms with Gasteiger partial charge in [-0.15, -0.1) is 0 Å². The quantitative estimate of drug-likeness (QED) is 0.425. The Kier molecular flexibility index (Phi) is 5.70. The zero-order valence-electron chi connectivity index (χ0n) is 18.3. The first-order valence-electron chi connectivity index (χ1n) is 11.6. The Morgan fingerprint density at radius 2 is 1.81 bits per heavy atom. The number of ether oxygens (including phenoxy) is 1. The molecule has 0 aliphatic heterocycles. The molecule has 0 N–H and O–H groups in total. The average Bonchev–Trinajstić information content (AvgIpc) is 3.09. The number of halogens is 2. The molecule has 4 nitrogen and oxygen atoms in total. The van der Waals surface area contributed by atoms with E-state index in [1.165, 1.54) is 43.9 Å². The molecular weight excluding hydrogens is 410 g/mol. The van der Waals surface area contributed by atoms with Gasteiger partial charge in [0.15, 0.2) is 17.2 Å². The van der Waals surface area contributed by atoms with Crippen LogP contribution in [0.25, 0.3) is 5.65 Å². The topological polar surface area (TPSA) is 43.6 Å². The molecule has 168 valence electrons. The van der Waals surface area contributed by atoms with Gasteiger partial charge < -0.3 is 4.74 Å². The summed E-state index contributed by atoms with van der Waals surface area (Å²) in [6, 6.07) is 7.21. The molecule has 2 aliphatic rings. The van der Waals surface area contributed by atoms with E-state index in [0.717, 1.165) is 24.7 Å². The van der Waals surface area contributed by atoms with Crippen molar-refractivity contribution in [2.45, 2.75) is 58.5 Å². The fraction of sp³-hybridized carbons (Fsp3) is 0.462. The minimum Gasteiger partial charge on any atom is -0.485 e. The van der Waals surface area contributed by atoms with E-state index in [2.05, 4.69) is 4.98 Å². The molecule has 0 amide bonds. The van der Waals surface area contributed by atoms with Crippen LogP contribution in [0.15, 0.2) is 36.5 Å². The summed E-state index contributed by atoms with van der Waals surface area (Å²) in [4.78, 5) is 17.9. The van der Waals surface area contributed by atoms with Crippen molar-refractivity contribution in [3.8, 4) is 5.75 Å². The largest absolute Gasteiger partial charge is 0.485 e. The maximum Gasteiger partial charge on any atom is 0.181 e. The van der Waals surface area contributed by atoms with Gasteiger partial charge in [0, 0.05) is 12.6 Å². The third kappa shape index (κ3) is 4.03. The molecule has 2 saturated carbocycles. The number of carbonyl (C=O) groups is 1. The molecule has 32 heavy (non-hydrogen) atoms. The molecular formula is C26H28F2N2O2. The molecule has 2 atom stereocenters. The van der Waals surface area contributed by atoms with E-state index >= 15 is 0 Å². The summed E-state index contributed by atoms with van der Waals surface area (Å²) < 4.78 is 35.4. The first-order chi connectivity index (χ1) is 15.5. The Bertz CT molecular complexity index is 1120. The van der Waals surface area contributed by atoms with Gasteiger partial charge in [0.05, 0.1) is 11.3 Å². The van der Waals surface area contributed by atoms with Gasteiger partial charge in [-0.05, 0) is 68.2 Å². The number of ketones is 1. The second-order valence-corrected chi connectivity index (χ2v) is 9.46. The van der Waals surface area contributed by atoms with E-state index in [-0.39, 0.29) is 18.0 Å². The van der Waals surface area contributed by atoms with Crippen LogP contribution in [0, 0.1) is 36.3 Å². The first-order valence-corrected chi connectivity index (χ1v) is 11.6. The van der Waals surface area contributed by atoms with Crippen LogP contribution < -0.4 is 4.74 Å². The Morgan fingerprint density at radius 3 is 2.53 bits per heavy atom. The number of pyridine rings is 1. The van der Waals surface area contributed by atoms with Crippen LogP contribution in [0.2, 0.25) is 0 Å². The van der Waals surface area contributed by atoms with E-state index in [9.17, 15) is 13.6 Å². The zero-order chi connectivity index (χ0) is 22.2. The van der Waals surface area contributed by atoms with Crippen molar-refractivity contribution in [1.29, 1.82) is 0 Å². The van der Waals surface area contributed by atoms with Crippen molar-refractivity contribution in [2.75, 3.05) is 0 Å². The molecule has 2 aromatic heterocycles. The number of imidazole rings is 1. The number of nitrogens with zero attached hydrogens (tertiary/aromatic N) is 2. The van der Waals surface area contributed by atoms with Crippen LogP contribution in [0.3, 0.4) is 0 Å². The molecule has 2 bridgehead atoms. The number of Topliss-reactive ketones (excluding diaryl/α,β-unsaturated/α-hetero) is 1. The Labute approximate surface area is 186 Å². The highest BCUT2D eigenvalue weighted by Gasteiger charge is 2.33. The van der Waals surface area contributed by atoms with Crippen molar-refractivity contribution in [3.63, 3.8) is 0 Å². The van der Waals surface area contributed by atoms with Gasteiger partial charge >= 0.3 is 0 Å². The van der Waals surface area contributed by atoms with Crippen LogP contribution in [0.4, 0.5) is 8.78 Å². The average molecular weight is 439 g/mol. The van der Waals surface area contributed by atoms with Crippen LogP contribution in [0.1, 0.15) is 66.7 Å². The molecule has 1 aromatic carbocycles. The van der Waals surface area contributed by atoms with Crippen LogP contribution in [-0.2, 0) is 6.61 Å². The fourth-order valence-corrected chi connectivity index (χ4v) is 5.82. The van der Waals surface area contributed by atoms with Crippen LogP contribution in [0.5, 0.6) is 5.75 Å². The summed E-state index contributed by atoms with van der Waals surface area (Å²) in [5, 5.41) is 0. The number of fused-ring (bicyclic) bond motifs is 3. The number of hydrogen-bond acceptors (Lipinski definition) is 3. The third-order valence-corrected chi connectivity index (χ3v) is 7.19. The first kappa shape index (κ1) is 21.1. The predicted molar refractivity (Wildman–Crippen MR) is 118 cm³/mol. The summed E-state index contributed by atoms with van der Waals surface area (Å²) in [7, 11) is 0. The molecule has 2 fully saturated rings. The lowest BCUT2D eigenvalue weighted by molar-refractivity contribution is 0.0872. The van der Waals surface area contributed by atoms with Gasteiger partial charge in [-0.2, -0.15) is 0 Å². The van der Waals surface area contributed by atoms with Crippen molar-refractivity contribution in [1.82, 2.24) is 9.38 Å². The number of hydrogen-bond donors (Lipinski definition) is 0. The highest BCUT2D eigenvalue weighted by molar-refractivity contribution is 5.96. The highest BCUT2D eigenvalue weighted by atomic mass is 19.1. The molecule has 6 heteroatoms. The highest BCUT2D eigenvalue weighted by Crippen LogP contribution is 2.44. The number of aryl methyl sites for hydroxylation is 1. The van der Waals surface area contributed by atoms with Crippen LogP contribution >= 0.6 is 0 Å². The third-order valence-electron chi connectivity index (χ3n) is 7.19. The lowest BCUT2D eigenvalue weighted by Gasteiger charge is -2.38. The normalized spacial score (nSPS) is 22.8. The molecule has 5 rings (SSSR count). The van der Waals surface area contributed by atoms with Gasteiger partial charge in [-0.25, -0.2) is 13.8 Å².